The zero-order valence-corrected chi connectivity index (χ0v) is 11.3. The van der Waals surface area contributed by atoms with E-state index in [0.29, 0.717) is 17.7 Å². The van der Waals surface area contributed by atoms with Crippen molar-refractivity contribution in [1.82, 2.24) is 0 Å². The zero-order valence-electron chi connectivity index (χ0n) is 11.3. The highest BCUT2D eigenvalue weighted by molar-refractivity contribution is 5.35. The Balaban J connectivity index is 2.13. The van der Waals surface area contributed by atoms with E-state index in [9.17, 15) is 4.39 Å². The Hall–Kier alpha value is -2.07. The molecular weight excluding hydrogens is 259 g/mol. The molecule has 106 valence electrons. The van der Waals surface area contributed by atoms with Crippen molar-refractivity contribution >= 4 is 0 Å². The van der Waals surface area contributed by atoms with E-state index in [4.69, 9.17) is 14.6 Å². The molecule has 0 fully saturated rings. The maximum atomic E-state index is 14.0. The molecule has 0 atom stereocenters. The summed E-state index contributed by atoms with van der Waals surface area (Å²) in [6, 6.07) is 12.4. The first-order valence-corrected chi connectivity index (χ1v) is 6.39. The molecule has 0 radical (unpaired) electrons. The molecule has 0 aliphatic heterocycles. The summed E-state index contributed by atoms with van der Waals surface area (Å²) in [5.74, 6) is 0.452. The largest absolute Gasteiger partial charge is 0.494 e. The maximum Gasteiger partial charge on any atom is 0.171 e. The zero-order chi connectivity index (χ0) is 14.4. The third-order valence-electron chi connectivity index (χ3n) is 3.00. The fourth-order valence-electron chi connectivity index (χ4n) is 1.95. The van der Waals surface area contributed by atoms with E-state index in [0.717, 1.165) is 5.56 Å². The number of para-hydroxylation sites is 1. The van der Waals surface area contributed by atoms with Crippen LogP contribution < -0.4 is 9.47 Å². The third kappa shape index (κ3) is 3.27. The smallest absolute Gasteiger partial charge is 0.171 e. The second-order valence-electron chi connectivity index (χ2n) is 4.30. The van der Waals surface area contributed by atoms with Crippen LogP contribution in [0.3, 0.4) is 0 Å². The summed E-state index contributed by atoms with van der Waals surface area (Å²) in [4.78, 5) is 0. The number of methoxy groups -OCH3 is 1. The van der Waals surface area contributed by atoms with Gasteiger partial charge in [-0.05, 0) is 24.1 Å². The fraction of sp³-hybridized carbons (Fsp3) is 0.250. The van der Waals surface area contributed by atoms with Gasteiger partial charge in [0.1, 0.15) is 12.4 Å². The maximum absolute atomic E-state index is 14.0. The number of aliphatic hydroxyl groups is 1. The molecule has 0 amide bonds. The van der Waals surface area contributed by atoms with E-state index in [-0.39, 0.29) is 19.0 Å². The Labute approximate surface area is 117 Å². The van der Waals surface area contributed by atoms with Crippen molar-refractivity contribution in [2.24, 2.45) is 0 Å². The minimum Gasteiger partial charge on any atom is -0.494 e. The number of hydrogen-bond donors (Lipinski definition) is 1. The van der Waals surface area contributed by atoms with Crippen LogP contribution in [0.2, 0.25) is 0 Å². The lowest BCUT2D eigenvalue weighted by molar-refractivity contribution is 0.279. The van der Waals surface area contributed by atoms with Gasteiger partial charge in [0.25, 0.3) is 0 Å². The van der Waals surface area contributed by atoms with Gasteiger partial charge in [0.2, 0.25) is 0 Å². The van der Waals surface area contributed by atoms with Gasteiger partial charge in [0.15, 0.2) is 11.6 Å². The van der Waals surface area contributed by atoms with Gasteiger partial charge in [-0.15, -0.1) is 0 Å². The molecule has 0 aliphatic rings. The predicted molar refractivity (Wildman–Crippen MR) is 74.5 cm³/mol. The number of halogens is 1. The lowest BCUT2D eigenvalue weighted by Crippen LogP contribution is -2.03. The van der Waals surface area contributed by atoms with Gasteiger partial charge in [-0.2, -0.15) is 0 Å². The normalized spacial score (nSPS) is 10.3. The summed E-state index contributed by atoms with van der Waals surface area (Å²) in [7, 11) is 1.43. The Bertz CT molecular complexity index is 569. The van der Waals surface area contributed by atoms with E-state index in [1.54, 1.807) is 18.2 Å². The molecule has 0 saturated carbocycles. The summed E-state index contributed by atoms with van der Waals surface area (Å²) in [6.07, 6.45) is 0.511. The van der Waals surface area contributed by atoms with E-state index < -0.39 is 5.82 Å². The minimum atomic E-state index is -0.408. The second-order valence-corrected chi connectivity index (χ2v) is 4.30. The highest BCUT2D eigenvalue weighted by Gasteiger charge is 2.10. The number of ether oxygens (including phenoxy) is 2. The number of hydrogen-bond acceptors (Lipinski definition) is 3. The highest BCUT2D eigenvalue weighted by Crippen LogP contribution is 2.23. The summed E-state index contributed by atoms with van der Waals surface area (Å²) in [5, 5.41) is 9.01. The fourth-order valence-corrected chi connectivity index (χ4v) is 1.95. The monoisotopic (exact) mass is 276 g/mol. The molecule has 2 aromatic rings. The van der Waals surface area contributed by atoms with Crippen molar-refractivity contribution in [2.45, 2.75) is 13.0 Å². The number of benzene rings is 2. The van der Waals surface area contributed by atoms with Crippen LogP contribution in [0.4, 0.5) is 4.39 Å². The van der Waals surface area contributed by atoms with Crippen LogP contribution in [0.15, 0.2) is 42.5 Å². The van der Waals surface area contributed by atoms with Gasteiger partial charge in [0.05, 0.1) is 7.11 Å². The van der Waals surface area contributed by atoms with Crippen LogP contribution in [0.25, 0.3) is 0 Å². The standard InChI is InChI=1S/C16H17FO3/c1-19-15-8-4-6-13(16(15)17)11-20-14-7-3-2-5-12(14)9-10-18/h2-8,18H,9-11H2,1H3. The van der Waals surface area contributed by atoms with Crippen LogP contribution >= 0.6 is 0 Å². The molecule has 2 rings (SSSR count). The second kappa shape index (κ2) is 6.91. The summed E-state index contributed by atoms with van der Waals surface area (Å²) in [6.45, 7) is 0.166. The van der Waals surface area contributed by atoms with Crippen molar-refractivity contribution in [2.75, 3.05) is 13.7 Å². The van der Waals surface area contributed by atoms with Gasteiger partial charge >= 0.3 is 0 Å². The van der Waals surface area contributed by atoms with Crippen LogP contribution in [-0.2, 0) is 13.0 Å². The van der Waals surface area contributed by atoms with E-state index >= 15 is 0 Å². The average molecular weight is 276 g/mol. The molecule has 2 aromatic carbocycles. The van der Waals surface area contributed by atoms with Gasteiger partial charge in [-0.1, -0.05) is 30.3 Å². The molecule has 4 heteroatoms. The molecule has 1 N–H and O–H groups in total. The molecule has 0 aliphatic carbocycles. The highest BCUT2D eigenvalue weighted by atomic mass is 19.1. The summed E-state index contributed by atoms with van der Waals surface area (Å²) < 4.78 is 24.6. The van der Waals surface area contributed by atoms with E-state index in [2.05, 4.69) is 0 Å². The SMILES string of the molecule is COc1cccc(COc2ccccc2CCO)c1F. The predicted octanol–water partition coefficient (Wildman–Crippen LogP) is 2.95. The van der Waals surface area contributed by atoms with Crippen LogP contribution in [0.5, 0.6) is 11.5 Å². The molecule has 0 bridgehead atoms. The molecular formula is C16H17FO3. The van der Waals surface area contributed by atoms with Crippen molar-refractivity contribution < 1.29 is 19.0 Å². The van der Waals surface area contributed by atoms with E-state index in [1.807, 2.05) is 24.3 Å². The molecule has 0 heterocycles. The van der Waals surface area contributed by atoms with E-state index in [1.165, 1.54) is 7.11 Å². The van der Waals surface area contributed by atoms with Crippen LogP contribution in [0.1, 0.15) is 11.1 Å². The van der Waals surface area contributed by atoms with Crippen molar-refractivity contribution in [3.05, 3.63) is 59.4 Å². The van der Waals surface area contributed by atoms with Crippen molar-refractivity contribution in [3.63, 3.8) is 0 Å². The number of aliphatic hydroxyl groups excluding tert-OH is 1. The summed E-state index contributed by atoms with van der Waals surface area (Å²) >= 11 is 0. The van der Waals surface area contributed by atoms with Gasteiger partial charge in [-0.25, -0.2) is 4.39 Å². The van der Waals surface area contributed by atoms with Crippen molar-refractivity contribution in [3.8, 4) is 11.5 Å². The lowest BCUT2D eigenvalue weighted by atomic mass is 10.1. The van der Waals surface area contributed by atoms with Gasteiger partial charge in [-0.3, -0.25) is 0 Å². The summed E-state index contributed by atoms with van der Waals surface area (Å²) in [5.41, 5.74) is 1.33. The third-order valence-corrected chi connectivity index (χ3v) is 3.00. The molecule has 0 spiro atoms. The van der Waals surface area contributed by atoms with Crippen molar-refractivity contribution in [1.29, 1.82) is 0 Å². The Kier molecular flexibility index (Phi) is 4.96. The minimum absolute atomic E-state index is 0.0495. The Morgan fingerprint density at radius 2 is 1.70 bits per heavy atom. The molecule has 20 heavy (non-hydrogen) atoms. The van der Waals surface area contributed by atoms with Gasteiger partial charge < -0.3 is 14.6 Å². The van der Waals surface area contributed by atoms with Crippen LogP contribution in [-0.4, -0.2) is 18.8 Å². The average Bonchev–Trinajstić information content (AvgIpc) is 2.48. The Morgan fingerprint density at radius 1 is 1.00 bits per heavy atom. The number of rotatable bonds is 6. The lowest BCUT2D eigenvalue weighted by Gasteiger charge is -2.12. The first-order chi connectivity index (χ1) is 9.76. The quantitative estimate of drug-likeness (QED) is 0.881. The van der Waals surface area contributed by atoms with Gasteiger partial charge in [0, 0.05) is 12.2 Å². The topological polar surface area (TPSA) is 38.7 Å². The first kappa shape index (κ1) is 14.3. The molecule has 0 saturated heterocycles. The first-order valence-electron chi connectivity index (χ1n) is 6.39. The Morgan fingerprint density at radius 3 is 2.45 bits per heavy atom. The molecule has 0 unspecified atom stereocenters. The molecule has 0 aromatic heterocycles. The molecule has 3 nitrogen and oxygen atoms in total. The van der Waals surface area contributed by atoms with Crippen LogP contribution in [0, 0.1) is 5.82 Å².